The maximum Gasteiger partial charge on any atom is 0.0228 e. The average Bonchev–Trinajstić information content (AvgIpc) is 2.54. The van der Waals surface area contributed by atoms with E-state index in [4.69, 9.17) is 0 Å². The van der Waals surface area contributed by atoms with E-state index in [2.05, 4.69) is 10.2 Å². The van der Waals surface area contributed by atoms with Crippen LogP contribution in [0.1, 0.15) is 12.8 Å². The lowest BCUT2D eigenvalue weighted by atomic mass is 10.2. The highest BCUT2D eigenvalue weighted by Gasteiger charge is 2.44. The van der Waals surface area contributed by atoms with Crippen LogP contribution in [0, 0.1) is 0 Å². The smallest absolute Gasteiger partial charge is 0.0228 e. The summed E-state index contributed by atoms with van der Waals surface area (Å²) in [6, 6.07) is 1.86. The second-order valence-electron chi connectivity index (χ2n) is 3.14. The fourth-order valence-corrected chi connectivity index (χ4v) is 1.91. The van der Waals surface area contributed by atoms with E-state index in [0.717, 1.165) is 12.1 Å². The second-order valence-corrected chi connectivity index (χ2v) is 3.14. The molecule has 2 nitrogen and oxygen atoms in total. The van der Waals surface area contributed by atoms with Crippen molar-refractivity contribution in [2.24, 2.45) is 0 Å². The predicted octanol–water partition coefficient (Wildman–Crippen LogP) is 0.0524. The Morgan fingerprint density at radius 1 is 1.56 bits per heavy atom. The molecule has 3 unspecified atom stereocenters. The van der Waals surface area contributed by atoms with Crippen LogP contribution in [0.3, 0.4) is 0 Å². The molecule has 0 aromatic carbocycles. The van der Waals surface area contributed by atoms with E-state index in [9.17, 15) is 0 Å². The number of nitrogens with zero attached hydrogens (tertiary/aromatic N) is 1. The van der Waals surface area contributed by atoms with Crippen LogP contribution < -0.4 is 5.32 Å². The monoisotopic (exact) mass is 126 g/mol. The summed E-state index contributed by atoms with van der Waals surface area (Å²) in [6.07, 6.45) is 2.87. The van der Waals surface area contributed by atoms with Crippen molar-refractivity contribution in [2.45, 2.75) is 24.9 Å². The van der Waals surface area contributed by atoms with Gasteiger partial charge >= 0.3 is 0 Å². The number of hydrogen-bond acceptors (Lipinski definition) is 2. The van der Waals surface area contributed by atoms with Crippen LogP contribution in [0.2, 0.25) is 0 Å². The average molecular weight is 126 g/mol. The number of likely N-dealkylation sites (N-methyl/N-ethyl adjacent to an activating group) is 1. The van der Waals surface area contributed by atoms with E-state index in [-0.39, 0.29) is 0 Å². The van der Waals surface area contributed by atoms with Crippen molar-refractivity contribution in [2.75, 3.05) is 20.1 Å². The molecule has 0 spiro atoms. The molecule has 2 fully saturated rings. The minimum atomic E-state index is 0.875. The van der Waals surface area contributed by atoms with Gasteiger partial charge < -0.3 is 5.32 Å². The number of piperidine rings is 1. The van der Waals surface area contributed by atoms with Crippen molar-refractivity contribution >= 4 is 0 Å². The first-order valence-corrected chi connectivity index (χ1v) is 3.82. The molecular formula is C7H14N2. The molecule has 1 N–H and O–H groups in total. The standard InChI is InChI=1S/C7H14N2/c1-8-4-6-2-3-7-5-9(6)7/h6-8H,2-5H2,1H3. The molecule has 0 saturated carbocycles. The molecule has 0 aromatic heterocycles. The van der Waals surface area contributed by atoms with Gasteiger partial charge in [0, 0.05) is 25.2 Å². The molecule has 0 aromatic rings. The normalized spacial score (nSPS) is 47.0. The van der Waals surface area contributed by atoms with Crippen molar-refractivity contribution in [1.82, 2.24) is 10.2 Å². The first-order valence-electron chi connectivity index (χ1n) is 3.82. The van der Waals surface area contributed by atoms with Crippen LogP contribution in [0.5, 0.6) is 0 Å². The summed E-state index contributed by atoms with van der Waals surface area (Å²) in [5.41, 5.74) is 0. The van der Waals surface area contributed by atoms with Crippen LogP contribution in [-0.4, -0.2) is 37.1 Å². The van der Waals surface area contributed by atoms with Gasteiger partial charge in [0.05, 0.1) is 0 Å². The van der Waals surface area contributed by atoms with Gasteiger partial charge in [-0.15, -0.1) is 0 Å². The minimum absolute atomic E-state index is 0.875. The Labute approximate surface area is 56.2 Å². The third-order valence-electron chi connectivity index (χ3n) is 2.50. The zero-order valence-electron chi connectivity index (χ0n) is 5.93. The molecule has 9 heavy (non-hydrogen) atoms. The van der Waals surface area contributed by atoms with E-state index in [1.54, 1.807) is 0 Å². The SMILES string of the molecule is CNCC1CCC2CN12. The molecule has 2 heterocycles. The minimum Gasteiger partial charge on any atom is -0.318 e. The molecule has 2 heteroatoms. The molecule has 2 saturated heterocycles. The number of nitrogens with one attached hydrogen (secondary N) is 1. The maximum atomic E-state index is 3.23. The van der Waals surface area contributed by atoms with Crippen molar-refractivity contribution in [3.8, 4) is 0 Å². The van der Waals surface area contributed by atoms with E-state index in [0.29, 0.717) is 0 Å². The van der Waals surface area contributed by atoms with Crippen LogP contribution in [0.4, 0.5) is 0 Å². The van der Waals surface area contributed by atoms with Crippen LogP contribution in [-0.2, 0) is 0 Å². The Bertz CT molecular complexity index is 113. The molecule has 52 valence electrons. The Morgan fingerprint density at radius 2 is 2.44 bits per heavy atom. The Balaban J connectivity index is 1.84. The Kier molecular flexibility index (Phi) is 1.24. The summed E-state index contributed by atoms with van der Waals surface area (Å²) >= 11 is 0. The summed E-state index contributed by atoms with van der Waals surface area (Å²) in [4.78, 5) is 2.59. The molecule has 2 rings (SSSR count). The summed E-state index contributed by atoms with van der Waals surface area (Å²) in [5, 5.41) is 3.23. The van der Waals surface area contributed by atoms with E-state index in [1.165, 1.54) is 25.9 Å². The molecule has 0 aliphatic carbocycles. The van der Waals surface area contributed by atoms with Gasteiger partial charge in [-0.3, -0.25) is 4.90 Å². The lowest BCUT2D eigenvalue weighted by Gasteiger charge is -2.10. The number of fused-ring (bicyclic) bond motifs is 1. The largest absolute Gasteiger partial charge is 0.318 e. The summed E-state index contributed by atoms with van der Waals surface area (Å²) in [7, 11) is 2.04. The molecule has 2 aliphatic heterocycles. The molecule has 3 atom stereocenters. The van der Waals surface area contributed by atoms with Crippen molar-refractivity contribution in [1.29, 1.82) is 0 Å². The van der Waals surface area contributed by atoms with Gasteiger partial charge in [-0.1, -0.05) is 0 Å². The van der Waals surface area contributed by atoms with Gasteiger partial charge in [-0.25, -0.2) is 0 Å². The summed E-state index contributed by atoms with van der Waals surface area (Å²) in [6.45, 7) is 2.57. The topological polar surface area (TPSA) is 15.0 Å². The van der Waals surface area contributed by atoms with E-state index >= 15 is 0 Å². The van der Waals surface area contributed by atoms with Gasteiger partial charge in [0.25, 0.3) is 0 Å². The van der Waals surface area contributed by atoms with Crippen molar-refractivity contribution in [3.05, 3.63) is 0 Å². The quantitative estimate of drug-likeness (QED) is 0.526. The van der Waals surface area contributed by atoms with Crippen molar-refractivity contribution < 1.29 is 0 Å². The molecule has 2 aliphatic rings. The van der Waals surface area contributed by atoms with Crippen LogP contribution in [0.15, 0.2) is 0 Å². The van der Waals surface area contributed by atoms with Crippen LogP contribution in [0.25, 0.3) is 0 Å². The fraction of sp³-hybridized carbons (Fsp3) is 1.00. The third-order valence-corrected chi connectivity index (χ3v) is 2.50. The first-order chi connectivity index (χ1) is 4.42. The molecular weight excluding hydrogens is 112 g/mol. The maximum absolute atomic E-state index is 3.23. The third kappa shape index (κ3) is 0.864. The van der Waals surface area contributed by atoms with Crippen molar-refractivity contribution in [3.63, 3.8) is 0 Å². The lowest BCUT2D eigenvalue weighted by molar-refractivity contribution is 0.410. The second kappa shape index (κ2) is 1.96. The van der Waals surface area contributed by atoms with Gasteiger partial charge in [-0.05, 0) is 19.9 Å². The number of hydrogen-bond donors (Lipinski definition) is 1. The van der Waals surface area contributed by atoms with Gasteiger partial charge in [0.2, 0.25) is 0 Å². The molecule has 0 radical (unpaired) electrons. The zero-order chi connectivity index (χ0) is 6.27. The molecule has 0 bridgehead atoms. The first kappa shape index (κ1) is 5.69. The van der Waals surface area contributed by atoms with E-state index in [1.807, 2.05) is 7.05 Å². The Hall–Kier alpha value is -0.0800. The highest BCUT2D eigenvalue weighted by atomic mass is 15.4. The predicted molar refractivity (Wildman–Crippen MR) is 37.4 cm³/mol. The van der Waals surface area contributed by atoms with E-state index < -0.39 is 0 Å². The van der Waals surface area contributed by atoms with Crippen LogP contribution >= 0.6 is 0 Å². The summed E-state index contributed by atoms with van der Waals surface area (Å²) < 4.78 is 0. The highest BCUT2D eigenvalue weighted by molar-refractivity contribution is 5.01. The Morgan fingerprint density at radius 3 is 2.89 bits per heavy atom. The highest BCUT2D eigenvalue weighted by Crippen LogP contribution is 2.34. The van der Waals surface area contributed by atoms with Gasteiger partial charge in [-0.2, -0.15) is 0 Å². The zero-order valence-corrected chi connectivity index (χ0v) is 5.93. The lowest BCUT2D eigenvalue weighted by Crippen LogP contribution is -2.27. The summed E-state index contributed by atoms with van der Waals surface area (Å²) in [5.74, 6) is 0. The molecule has 0 amide bonds. The number of rotatable bonds is 2. The van der Waals surface area contributed by atoms with Gasteiger partial charge in [0.15, 0.2) is 0 Å². The van der Waals surface area contributed by atoms with Gasteiger partial charge in [0.1, 0.15) is 0 Å². The fourth-order valence-electron chi connectivity index (χ4n) is 1.91.